The van der Waals surface area contributed by atoms with Crippen molar-refractivity contribution in [2.24, 2.45) is 11.1 Å². The third kappa shape index (κ3) is 5.76. The van der Waals surface area contributed by atoms with Crippen LogP contribution in [-0.4, -0.2) is 63.0 Å². The lowest BCUT2D eigenvalue weighted by Gasteiger charge is -2.30. The van der Waals surface area contributed by atoms with Gasteiger partial charge in [-0.2, -0.15) is 0 Å². The molecule has 6 nitrogen and oxygen atoms in total. The number of nitrogens with one attached hydrogen (secondary N) is 1. The highest BCUT2D eigenvalue weighted by molar-refractivity contribution is 7.91. The zero-order chi connectivity index (χ0) is 15.4. The van der Waals surface area contributed by atoms with Crippen molar-refractivity contribution in [2.45, 2.75) is 33.2 Å². The molecule has 0 aromatic heterocycles. The summed E-state index contributed by atoms with van der Waals surface area (Å²) in [6, 6.07) is -0.228. The van der Waals surface area contributed by atoms with Crippen LogP contribution in [0.4, 0.5) is 0 Å². The van der Waals surface area contributed by atoms with Gasteiger partial charge in [0.05, 0.1) is 18.1 Å². The van der Waals surface area contributed by atoms with Crippen LogP contribution < -0.4 is 11.1 Å². The first-order chi connectivity index (χ1) is 9.17. The van der Waals surface area contributed by atoms with E-state index in [0.29, 0.717) is 13.0 Å². The molecule has 1 fully saturated rings. The van der Waals surface area contributed by atoms with Gasteiger partial charge in [0.1, 0.15) is 0 Å². The molecule has 0 bridgehead atoms. The predicted molar refractivity (Wildman–Crippen MR) is 80.2 cm³/mol. The van der Waals surface area contributed by atoms with E-state index in [2.05, 4.69) is 19.2 Å². The molecule has 3 N–H and O–H groups in total. The summed E-state index contributed by atoms with van der Waals surface area (Å²) in [7, 11) is -2.95. The molecule has 0 radical (unpaired) electrons. The zero-order valence-electron chi connectivity index (χ0n) is 12.7. The summed E-state index contributed by atoms with van der Waals surface area (Å²) in [5.74, 6) is 0.135. The molecule has 0 spiro atoms. The first-order valence-electron chi connectivity index (χ1n) is 7.09. The van der Waals surface area contributed by atoms with Gasteiger partial charge in [0.2, 0.25) is 5.91 Å². The molecule has 1 unspecified atom stereocenters. The maximum absolute atomic E-state index is 12.0. The number of carbonyl (C=O) groups excluding carboxylic acids is 1. The molecule has 1 aliphatic heterocycles. The first kappa shape index (κ1) is 17.4. The monoisotopic (exact) mass is 305 g/mol. The highest BCUT2D eigenvalue weighted by Gasteiger charge is 2.29. The molecule has 0 aliphatic carbocycles. The summed E-state index contributed by atoms with van der Waals surface area (Å²) in [5, 5.41) is 2.81. The van der Waals surface area contributed by atoms with Crippen molar-refractivity contribution in [3.8, 4) is 0 Å². The third-order valence-corrected chi connectivity index (χ3v) is 5.38. The molecule has 118 valence electrons. The SMILES string of the molecule is CCN(CC(=O)NC1CCS(=O)(=O)C1)CC(C)(C)CN. The second-order valence-electron chi connectivity index (χ2n) is 6.34. The zero-order valence-corrected chi connectivity index (χ0v) is 13.5. The van der Waals surface area contributed by atoms with Crippen LogP contribution in [0.2, 0.25) is 0 Å². The largest absolute Gasteiger partial charge is 0.351 e. The number of nitrogens with two attached hydrogens (primary N) is 1. The van der Waals surface area contributed by atoms with E-state index in [0.717, 1.165) is 13.1 Å². The van der Waals surface area contributed by atoms with Gasteiger partial charge in [-0.1, -0.05) is 20.8 Å². The summed E-state index contributed by atoms with van der Waals surface area (Å²) in [6.07, 6.45) is 0.522. The number of likely N-dealkylation sites (N-methyl/N-ethyl adjacent to an activating group) is 1. The topological polar surface area (TPSA) is 92.5 Å². The van der Waals surface area contributed by atoms with Crippen molar-refractivity contribution in [3.05, 3.63) is 0 Å². The molecule has 0 saturated carbocycles. The van der Waals surface area contributed by atoms with E-state index >= 15 is 0 Å². The molecule has 1 saturated heterocycles. The Morgan fingerprint density at radius 2 is 2.10 bits per heavy atom. The van der Waals surface area contributed by atoms with E-state index in [9.17, 15) is 13.2 Å². The van der Waals surface area contributed by atoms with Gasteiger partial charge in [-0.25, -0.2) is 8.42 Å². The van der Waals surface area contributed by atoms with Gasteiger partial charge in [0, 0.05) is 12.6 Å². The van der Waals surface area contributed by atoms with Crippen molar-refractivity contribution in [3.63, 3.8) is 0 Å². The summed E-state index contributed by atoms with van der Waals surface area (Å²) >= 11 is 0. The molecular weight excluding hydrogens is 278 g/mol. The molecule has 0 aromatic rings. The lowest BCUT2D eigenvalue weighted by atomic mass is 9.93. The number of nitrogens with zero attached hydrogens (tertiary/aromatic N) is 1. The quantitative estimate of drug-likeness (QED) is 0.667. The molecule has 0 aromatic carbocycles. The maximum atomic E-state index is 12.0. The minimum Gasteiger partial charge on any atom is -0.351 e. The Kier molecular flexibility index (Phi) is 5.97. The van der Waals surface area contributed by atoms with Crippen LogP contribution in [0, 0.1) is 5.41 Å². The Labute approximate surface area is 122 Å². The smallest absolute Gasteiger partial charge is 0.234 e. The van der Waals surface area contributed by atoms with Crippen LogP contribution in [0.3, 0.4) is 0 Å². The van der Waals surface area contributed by atoms with Crippen molar-refractivity contribution < 1.29 is 13.2 Å². The molecule has 1 heterocycles. The summed E-state index contributed by atoms with van der Waals surface area (Å²) in [5.41, 5.74) is 5.67. The van der Waals surface area contributed by atoms with Crippen molar-refractivity contribution in [2.75, 3.05) is 37.7 Å². The number of sulfone groups is 1. The maximum Gasteiger partial charge on any atom is 0.234 e. The van der Waals surface area contributed by atoms with E-state index < -0.39 is 9.84 Å². The van der Waals surface area contributed by atoms with Crippen LogP contribution in [-0.2, 0) is 14.6 Å². The van der Waals surface area contributed by atoms with Gasteiger partial charge in [-0.15, -0.1) is 0 Å². The minimum absolute atomic E-state index is 0.0347. The second-order valence-corrected chi connectivity index (χ2v) is 8.57. The van der Waals surface area contributed by atoms with Gasteiger partial charge in [-0.3, -0.25) is 9.69 Å². The van der Waals surface area contributed by atoms with Crippen LogP contribution in [0.5, 0.6) is 0 Å². The summed E-state index contributed by atoms with van der Waals surface area (Å²) in [4.78, 5) is 14.0. The van der Waals surface area contributed by atoms with Crippen molar-refractivity contribution in [1.82, 2.24) is 10.2 Å². The Bertz CT molecular complexity index is 434. The molecule has 1 atom stereocenters. The number of hydrogen-bond donors (Lipinski definition) is 2. The van der Waals surface area contributed by atoms with E-state index in [-0.39, 0.29) is 35.4 Å². The Balaban J connectivity index is 2.44. The second kappa shape index (κ2) is 6.87. The number of amides is 1. The molecule has 1 rings (SSSR count). The lowest BCUT2D eigenvalue weighted by molar-refractivity contribution is -0.123. The van der Waals surface area contributed by atoms with Gasteiger partial charge in [0.15, 0.2) is 9.84 Å². The number of rotatable bonds is 7. The molecule has 1 amide bonds. The fourth-order valence-corrected chi connectivity index (χ4v) is 4.01. The van der Waals surface area contributed by atoms with E-state index in [4.69, 9.17) is 5.73 Å². The van der Waals surface area contributed by atoms with Crippen molar-refractivity contribution >= 4 is 15.7 Å². The highest BCUT2D eigenvalue weighted by atomic mass is 32.2. The van der Waals surface area contributed by atoms with Crippen LogP contribution >= 0.6 is 0 Å². The molecular formula is C13H27N3O3S. The summed E-state index contributed by atoms with van der Waals surface area (Å²) in [6.45, 7) is 8.49. The molecule has 7 heteroatoms. The van der Waals surface area contributed by atoms with Gasteiger partial charge in [0.25, 0.3) is 0 Å². The Morgan fingerprint density at radius 3 is 2.55 bits per heavy atom. The average molecular weight is 305 g/mol. The van der Waals surface area contributed by atoms with E-state index in [1.807, 2.05) is 11.8 Å². The Hall–Kier alpha value is -0.660. The minimum atomic E-state index is -2.95. The summed E-state index contributed by atoms with van der Waals surface area (Å²) < 4.78 is 22.7. The first-order valence-corrected chi connectivity index (χ1v) is 8.92. The lowest BCUT2D eigenvalue weighted by Crippen LogP contribution is -2.46. The molecule has 20 heavy (non-hydrogen) atoms. The highest BCUT2D eigenvalue weighted by Crippen LogP contribution is 2.15. The van der Waals surface area contributed by atoms with E-state index in [1.54, 1.807) is 0 Å². The van der Waals surface area contributed by atoms with Crippen molar-refractivity contribution in [1.29, 1.82) is 0 Å². The van der Waals surface area contributed by atoms with Gasteiger partial charge >= 0.3 is 0 Å². The van der Waals surface area contributed by atoms with Gasteiger partial charge < -0.3 is 11.1 Å². The standard InChI is InChI=1S/C13H27N3O3S/c1-4-16(10-13(2,3)9-14)7-12(17)15-11-5-6-20(18,19)8-11/h11H,4-10,14H2,1-3H3,(H,15,17). The predicted octanol–water partition coefficient (Wildman–Crippen LogP) is -0.403. The fourth-order valence-electron chi connectivity index (χ4n) is 2.33. The Morgan fingerprint density at radius 1 is 1.45 bits per heavy atom. The van der Waals surface area contributed by atoms with Crippen LogP contribution in [0.25, 0.3) is 0 Å². The van der Waals surface area contributed by atoms with Gasteiger partial charge in [-0.05, 0) is 24.9 Å². The van der Waals surface area contributed by atoms with Crippen LogP contribution in [0.15, 0.2) is 0 Å². The fraction of sp³-hybridized carbons (Fsp3) is 0.923. The normalized spacial score (nSPS) is 22.1. The molecule has 1 aliphatic rings. The number of hydrogen-bond acceptors (Lipinski definition) is 5. The van der Waals surface area contributed by atoms with E-state index in [1.165, 1.54) is 0 Å². The third-order valence-electron chi connectivity index (χ3n) is 3.62. The number of carbonyl (C=O) groups is 1. The van der Waals surface area contributed by atoms with Crippen LogP contribution in [0.1, 0.15) is 27.2 Å². The average Bonchev–Trinajstić information content (AvgIpc) is 2.67.